The smallest absolute Gasteiger partial charge is 0.170 e. The van der Waals surface area contributed by atoms with Gasteiger partial charge in [0.25, 0.3) is 0 Å². The molecule has 0 aliphatic heterocycles. The van der Waals surface area contributed by atoms with Gasteiger partial charge in [-0.1, -0.05) is 55.7 Å². The Morgan fingerprint density at radius 1 is 1.11 bits per heavy atom. The number of aliphatic imine (C=N–C) groups is 1. The van der Waals surface area contributed by atoms with Crippen LogP contribution in [0.5, 0.6) is 0 Å². The molecule has 0 unspecified atom stereocenters. The largest absolute Gasteiger partial charge is 0.479 e. The summed E-state index contributed by atoms with van der Waals surface area (Å²) in [6.07, 6.45) is 12.2. The highest BCUT2D eigenvalue weighted by molar-refractivity contribution is 5.50. The second kappa shape index (κ2) is 7.70. The molecule has 2 nitrogen and oxygen atoms in total. The van der Waals surface area contributed by atoms with Gasteiger partial charge in [-0.2, -0.15) is 0 Å². The van der Waals surface area contributed by atoms with Gasteiger partial charge >= 0.3 is 0 Å². The lowest BCUT2D eigenvalue weighted by Crippen LogP contribution is -2.09. The molecular formula is C16H21NO. The Hall–Kier alpha value is -1.57. The van der Waals surface area contributed by atoms with Crippen LogP contribution >= 0.6 is 0 Å². The summed E-state index contributed by atoms with van der Waals surface area (Å²) >= 11 is 0. The number of rotatable bonds is 5. The van der Waals surface area contributed by atoms with E-state index in [0.717, 1.165) is 0 Å². The van der Waals surface area contributed by atoms with E-state index in [4.69, 9.17) is 4.74 Å². The molecule has 0 bridgehead atoms. The molecule has 0 saturated heterocycles. The monoisotopic (exact) mass is 243 g/mol. The van der Waals surface area contributed by atoms with Crippen LogP contribution in [0.2, 0.25) is 0 Å². The van der Waals surface area contributed by atoms with Crippen LogP contribution in [0, 0.1) is 0 Å². The zero-order chi connectivity index (χ0) is 12.5. The molecule has 1 aromatic rings. The first-order chi connectivity index (χ1) is 8.95. The van der Waals surface area contributed by atoms with Gasteiger partial charge in [0, 0.05) is 0 Å². The Morgan fingerprint density at radius 3 is 2.67 bits per heavy atom. The van der Waals surface area contributed by atoms with E-state index >= 15 is 0 Å². The Labute approximate surface area is 109 Å². The lowest BCUT2D eigenvalue weighted by molar-refractivity contribution is 0.357. The maximum absolute atomic E-state index is 5.38. The number of hydrogen-bond acceptors (Lipinski definition) is 2. The molecule has 2 heteroatoms. The highest BCUT2D eigenvalue weighted by Crippen LogP contribution is 2.19. The zero-order valence-electron chi connectivity index (χ0n) is 10.8. The molecule has 18 heavy (non-hydrogen) atoms. The van der Waals surface area contributed by atoms with E-state index in [2.05, 4.69) is 23.2 Å². The van der Waals surface area contributed by atoms with Crippen molar-refractivity contribution in [1.29, 1.82) is 0 Å². The van der Waals surface area contributed by atoms with Gasteiger partial charge in [0.05, 0.1) is 6.04 Å². The van der Waals surface area contributed by atoms with Gasteiger partial charge < -0.3 is 4.74 Å². The van der Waals surface area contributed by atoms with Crippen molar-refractivity contribution in [2.24, 2.45) is 4.99 Å². The summed E-state index contributed by atoms with van der Waals surface area (Å²) in [6, 6.07) is 10.7. The average Bonchev–Trinajstić information content (AvgIpc) is 2.45. The summed E-state index contributed by atoms with van der Waals surface area (Å²) < 4.78 is 5.38. The molecule has 0 heterocycles. The van der Waals surface area contributed by atoms with Crippen molar-refractivity contribution in [2.75, 3.05) is 6.61 Å². The van der Waals surface area contributed by atoms with E-state index < -0.39 is 0 Å². The first-order valence-corrected chi connectivity index (χ1v) is 6.80. The van der Waals surface area contributed by atoms with Crippen LogP contribution in [0.3, 0.4) is 0 Å². The Morgan fingerprint density at radius 2 is 1.89 bits per heavy atom. The third kappa shape index (κ3) is 4.74. The van der Waals surface area contributed by atoms with Crippen LogP contribution in [0.25, 0.3) is 6.08 Å². The van der Waals surface area contributed by atoms with Gasteiger partial charge in [-0.3, -0.25) is 4.99 Å². The van der Waals surface area contributed by atoms with Gasteiger partial charge in [-0.25, -0.2) is 0 Å². The number of benzene rings is 1. The van der Waals surface area contributed by atoms with Crippen molar-refractivity contribution < 1.29 is 4.74 Å². The van der Waals surface area contributed by atoms with Gasteiger partial charge in [-0.05, 0) is 24.5 Å². The van der Waals surface area contributed by atoms with Crippen molar-refractivity contribution in [3.05, 3.63) is 42.0 Å². The van der Waals surface area contributed by atoms with Crippen molar-refractivity contribution in [2.45, 2.75) is 38.1 Å². The van der Waals surface area contributed by atoms with Crippen molar-refractivity contribution in [3.8, 4) is 0 Å². The van der Waals surface area contributed by atoms with Crippen molar-refractivity contribution >= 4 is 12.5 Å². The minimum absolute atomic E-state index is 0.497. The normalized spacial score (nSPS) is 17.6. The molecule has 0 aromatic heterocycles. The SMILES string of the molecule is C(=NC1CCCCC1)OC/C=C/c1ccccc1. The first kappa shape index (κ1) is 12.9. The quantitative estimate of drug-likeness (QED) is 0.434. The first-order valence-electron chi connectivity index (χ1n) is 6.80. The second-order valence-electron chi connectivity index (χ2n) is 4.69. The number of hydrogen-bond donors (Lipinski definition) is 0. The summed E-state index contributed by atoms with van der Waals surface area (Å²) in [6.45, 7) is 0.588. The van der Waals surface area contributed by atoms with Crippen LogP contribution in [-0.4, -0.2) is 19.0 Å². The van der Waals surface area contributed by atoms with E-state index in [0.29, 0.717) is 12.6 Å². The van der Waals surface area contributed by atoms with Crippen LogP contribution in [0.4, 0.5) is 0 Å². The molecular weight excluding hydrogens is 222 g/mol. The van der Waals surface area contributed by atoms with Crippen LogP contribution < -0.4 is 0 Å². The van der Waals surface area contributed by atoms with Crippen LogP contribution in [0.15, 0.2) is 41.4 Å². The summed E-state index contributed by atoms with van der Waals surface area (Å²) in [5.74, 6) is 0. The minimum Gasteiger partial charge on any atom is -0.479 e. The molecule has 1 aliphatic rings. The lowest BCUT2D eigenvalue weighted by Gasteiger charge is -2.16. The van der Waals surface area contributed by atoms with Gasteiger partial charge in [-0.15, -0.1) is 0 Å². The molecule has 1 aliphatic carbocycles. The van der Waals surface area contributed by atoms with E-state index in [9.17, 15) is 0 Å². The summed E-state index contributed by atoms with van der Waals surface area (Å²) in [5, 5.41) is 0. The summed E-state index contributed by atoms with van der Waals surface area (Å²) in [4.78, 5) is 4.45. The molecule has 1 saturated carbocycles. The van der Waals surface area contributed by atoms with E-state index in [1.165, 1.54) is 37.7 Å². The molecule has 0 radical (unpaired) electrons. The highest BCUT2D eigenvalue weighted by Gasteiger charge is 2.10. The average molecular weight is 243 g/mol. The predicted molar refractivity (Wildman–Crippen MR) is 76.8 cm³/mol. The molecule has 1 aromatic carbocycles. The minimum atomic E-state index is 0.497. The lowest BCUT2D eigenvalue weighted by atomic mass is 9.96. The summed E-state index contributed by atoms with van der Waals surface area (Å²) in [7, 11) is 0. The van der Waals surface area contributed by atoms with E-state index in [1.807, 2.05) is 24.3 Å². The second-order valence-corrected chi connectivity index (χ2v) is 4.69. The molecule has 0 spiro atoms. The molecule has 1 fully saturated rings. The van der Waals surface area contributed by atoms with Gasteiger partial charge in [0.2, 0.25) is 0 Å². The standard InChI is InChI=1S/C16H21NO/c1-3-8-15(9-4-1)10-7-13-18-14-17-16-11-5-2-6-12-16/h1,3-4,7-10,14,16H,2,5-6,11-13H2/b10-7+,17-14?. The van der Waals surface area contributed by atoms with Crippen LogP contribution in [0.1, 0.15) is 37.7 Å². The highest BCUT2D eigenvalue weighted by atomic mass is 16.5. The molecule has 2 rings (SSSR count). The fourth-order valence-corrected chi connectivity index (χ4v) is 2.21. The molecule has 0 amide bonds. The van der Waals surface area contributed by atoms with E-state index in [-0.39, 0.29) is 0 Å². The number of ether oxygens (including phenoxy) is 1. The maximum atomic E-state index is 5.38. The maximum Gasteiger partial charge on any atom is 0.170 e. The predicted octanol–water partition coefficient (Wildman–Crippen LogP) is 4.08. The fraction of sp³-hybridized carbons (Fsp3) is 0.438. The number of nitrogens with zero attached hydrogens (tertiary/aromatic N) is 1. The Kier molecular flexibility index (Phi) is 5.51. The van der Waals surface area contributed by atoms with Crippen LogP contribution in [-0.2, 0) is 4.74 Å². The Bertz CT molecular complexity index is 377. The molecule has 96 valence electrons. The van der Waals surface area contributed by atoms with Gasteiger partial charge in [0.15, 0.2) is 6.40 Å². The Balaban J connectivity index is 1.63. The van der Waals surface area contributed by atoms with Gasteiger partial charge in [0.1, 0.15) is 6.61 Å². The third-order valence-electron chi connectivity index (χ3n) is 3.22. The fourth-order valence-electron chi connectivity index (χ4n) is 2.21. The third-order valence-corrected chi connectivity index (χ3v) is 3.22. The van der Waals surface area contributed by atoms with Crippen molar-refractivity contribution in [3.63, 3.8) is 0 Å². The van der Waals surface area contributed by atoms with E-state index in [1.54, 1.807) is 6.40 Å². The summed E-state index contributed by atoms with van der Waals surface area (Å²) in [5.41, 5.74) is 1.20. The topological polar surface area (TPSA) is 21.6 Å². The zero-order valence-corrected chi connectivity index (χ0v) is 10.8. The molecule has 0 atom stereocenters. The molecule has 0 N–H and O–H groups in total. The van der Waals surface area contributed by atoms with Crippen molar-refractivity contribution in [1.82, 2.24) is 0 Å².